The SMILES string of the molecule is CCCCCCCCCCCCN1CSC=N1. The number of rotatable bonds is 11. The smallest absolute Gasteiger partial charge is 0.0870 e. The standard InChI is InChI=1S/C14H28N2S/c1-2-3-4-5-6-7-8-9-10-11-12-16-14-17-13-15-16/h13H,2-12,14H2,1H3. The van der Waals surface area contributed by atoms with Crippen LogP contribution in [0.5, 0.6) is 0 Å². The second-order valence-corrected chi connectivity index (χ2v) is 5.73. The Hall–Kier alpha value is -0.180. The average Bonchev–Trinajstić information content (AvgIpc) is 2.85. The molecule has 2 nitrogen and oxygen atoms in total. The van der Waals surface area contributed by atoms with Gasteiger partial charge in [-0.3, -0.25) is 5.01 Å². The minimum Gasteiger partial charge on any atom is -0.286 e. The van der Waals surface area contributed by atoms with Crippen LogP contribution in [0.25, 0.3) is 0 Å². The zero-order valence-electron chi connectivity index (χ0n) is 11.4. The Labute approximate surface area is 111 Å². The summed E-state index contributed by atoms with van der Waals surface area (Å²) in [6.07, 6.45) is 14.1. The van der Waals surface area contributed by atoms with Crippen molar-refractivity contribution in [2.24, 2.45) is 5.10 Å². The van der Waals surface area contributed by atoms with Crippen LogP contribution >= 0.6 is 11.8 Å². The molecule has 0 fully saturated rings. The zero-order valence-corrected chi connectivity index (χ0v) is 12.2. The fraction of sp³-hybridized carbons (Fsp3) is 0.929. The van der Waals surface area contributed by atoms with E-state index in [1.807, 2.05) is 5.55 Å². The largest absolute Gasteiger partial charge is 0.286 e. The van der Waals surface area contributed by atoms with Gasteiger partial charge in [0.05, 0.1) is 11.4 Å². The Bertz CT molecular complexity index is 195. The molecule has 1 heterocycles. The minimum atomic E-state index is 1.07. The van der Waals surface area contributed by atoms with Crippen molar-refractivity contribution in [3.05, 3.63) is 0 Å². The van der Waals surface area contributed by atoms with Crippen molar-refractivity contribution < 1.29 is 0 Å². The van der Waals surface area contributed by atoms with Crippen molar-refractivity contribution in [3.63, 3.8) is 0 Å². The molecule has 1 aliphatic rings. The predicted molar refractivity (Wildman–Crippen MR) is 79.5 cm³/mol. The lowest BCUT2D eigenvalue weighted by atomic mass is 10.1. The van der Waals surface area contributed by atoms with Crippen molar-refractivity contribution in [2.45, 2.75) is 71.1 Å². The minimum absolute atomic E-state index is 1.07. The van der Waals surface area contributed by atoms with E-state index < -0.39 is 0 Å². The maximum absolute atomic E-state index is 4.28. The Kier molecular flexibility index (Phi) is 9.58. The van der Waals surface area contributed by atoms with Gasteiger partial charge in [-0.05, 0) is 6.42 Å². The van der Waals surface area contributed by atoms with Gasteiger partial charge in [0, 0.05) is 6.54 Å². The number of hydrazone groups is 1. The van der Waals surface area contributed by atoms with Crippen LogP contribution < -0.4 is 0 Å². The summed E-state index contributed by atoms with van der Waals surface area (Å²) < 4.78 is 0. The second kappa shape index (κ2) is 10.9. The van der Waals surface area contributed by atoms with Gasteiger partial charge in [-0.2, -0.15) is 5.10 Å². The van der Waals surface area contributed by atoms with Gasteiger partial charge in [-0.1, -0.05) is 76.5 Å². The fourth-order valence-electron chi connectivity index (χ4n) is 2.16. The van der Waals surface area contributed by atoms with Crippen molar-refractivity contribution >= 4 is 17.3 Å². The molecule has 0 aromatic rings. The van der Waals surface area contributed by atoms with Crippen LogP contribution in [0.4, 0.5) is 0 Å². The molecule has 0 aromatic heterocycles. The third-order valence-corrected chi connectivity index (χ3v) is 3.97. The normalized spacial score (nSPS) is 14.8. The Balaban J connectivity index is 1.71. The van der Waals surface area contributed by atoms with Gasteiger partial charge >= 0.3 is 0 Å². The zero-order chi connectivity index (χ0) is 12.2. The van der Waals surface area contributed by atoms with E-state index in [0.29, 0.717) is 0 Å². The van der Waals surface area contributed by atoms with E-state index in [9.17, 15) is 0 Å². The number of nitrogens with zero attached hydrogens (tertiary/aromatic N) is 2. The lowest BCUT2D eigenvalue weighted by Crippen LogP contribution is -2.14. The summed E-state index contributed by atoms with van der Waals surface area (Å²) in [5.74, 6) is 1.07. The summed E-state index contributed by atoms with van der Waals surface area (Å²) in [5, 5.41) is 6.46. The topological polar surface area (TPSA) is 15.6 Å². The van der Waals surface area contributed by atoms with Crippen LogP contribution in [0.1, 0.15) is 71.1 Å². The molecule has 100 valence electrons. The molecule has 0 radical (unpaired) electrons. The number of hydrogen-bond acceptors (Lipinski definition) is 3. The van der Waals surface area contributed by atoms with Gasteiger partial charge in [0.2, 0.25) is 0 Å². The Morgan fingerprint density at radius 1 is 0.941 bits per heavy atom. The van der Waals surface area contributed by atoms with Crippen LogP contribution in [0.15, 0.2) is 5.10 Å². The van der Waals surface area contributed by atoms with E-state index in [2.05, 4.69) is 17.0 Å². The first-order valence-corrected chi connectivity index (χ1v) is 8.37. The molecule has 0 amide bonds. The molecule has 0 aliphatic carbocycles. The molecule has 17 heavy (non-hydrogen) atoms. The molecule has 3 heteroatoms. The van der Waals surface area contributed by atoms with Gasteiger partial charge in [-0.25, -0.2) is 0 Å². The molecule has 1 aliphatic heterocycles. The van der Waals surface area contributed by atoms with Crippen LogP contribution in [0.2, 0.25) is 0 Å². The first-order chi connectivity index (χ1) is 8.43. The Morgan fingerprint density at radius 2 is 1.53 bits per heavy atom. The number of unbranched alkanes of at least 4 members (excludes halogenated alkanes) is 9. The number of hydrogen-bond donors (Lipinski definition) is 0. The first-order valence-electron chi connectivity index (χ1n) is 7.32. The maximum Gasteiger partial charge on any atom is 0.0870 e. The second-order valence-electron chi connectivity index (χ2n) is 4.93. The van der Waals surface area contributed by atoms with Crippen molar-refractivity contribution in [2.75, 3.05) is 12.4 Å². The summed E-state index contributed by atoms with van der Waals surface area (Å²) in [4.78, 5) is 0. The van der Waals surface area contributed by atoms with E-state index in [1.54, 1.807) is 11.8 Å². The average molecular weight is 256 g/mol. The molecule has 0 saturated carbocycles. The molecule has 0 N–H and O–H groups in total. The molecule has 0 unspecified atom stereocenters. The number of thioether (sulfide) groups is 1. The molecule has 0 spiro atoms. The van der Waals surface area contributed by atoms with E-state index >= 15 is 0 Å². The molecular weight excluding hydrogens is 228 g/mol. The van der Waals surface area contributed by atoms with Crippen LogP contribution in [0.3, 0.4) is 0 Å². The molecule has 0 bridgehead atoms. The Morgan fingerprint density at radius 3 is 2.06 bits per heavy atom. The van der Waals surface area contributed by atoms with Crippen molar-refractivity contribution in [1.29, 1.82) is 0 Å². The predicted octanol–water partition coefficient (Wildman–Crippen LogP) is 4.86. The van der Waals surface area contributed by atoms with Gasteiger partial charge in [0.15, 0.2) is 0 Å². The fourth-order valence-corrected chi connectivity index (χ4v) is 2.79. The third-order valence-electron chi connectivity index (χ3n) is 3.28. The first kappa shape index (κ1) is 14.9. The molecule has 0 saturated heterocycles. The highest BCUT2D eigenvalue weighted by Crippen LogP contribution is 2.13. The van der Waals surface area contributed by atoms with Crippen molar-refractivity contribution in [1.82, 2.24) is 5.01 Å². The molecule has 1 rings (SSSR count). The molecular formula is C14H28N2S. The summed E-state index contributed by atoms with van der Waals surface area (Å²) in [6.45, 7) is 3.43. The van der Waals surface area contributed by atoms with Crippen molar-refractivity contribution in [3.8, 4) is 0 Å². The lowest BCUT2D eigenvalue weighted by Gasteiger charge is -2.11. The molecule has 0 aromatic carbocycles. The van der Waals surface area contributed by atoms with Crippen LogP contribution in [-0.4, -0.2) is 23.0 Å². The highest BCUT2D eigenvalue weighted by molar-refractivity contribution is 8.12. The quantitative estimate of drug-likeness (QED) is 0.491. The third kappa shape index (κ3) is 8.53. The highest BCUT2D eigenvalue weighted by Gasteiger charge is 2.04. The van der Waals surface area contributed by atoms with Gasteiger partial charge in [-0.15, -0.1) is 0 Å². The van der Waals surface area contributed by atoms with E-state index in [1.165, 1.54) is 64.2 Å². The van der Waals surface area contributed by atoms with Gasteiger partial charge < -0.3 is 0 Å². The van der Waals surface area contributed by atoms with Crippen LogP contribution in [0, 0.1) is 0 Å². The van der Waals surface area contributed by atoms with Gasteiger partial charge in [0.25, 0.3) is 0 Å². The van der Waals surface area contributed by atoms with E-state index in [-0.39, 0.29) is 0 Å². The monoisotopic (exact) mass is 256 g/mol. The summed E-state index contributed by atoms with van der Waals surface area (Å²) >= 11 is 1.80. The summed E-state index contributed by atoms with van der Waals surface area (Å²) in [7, 11) is 0. The van der Waals surface area contributed by atoms with E-state index in [0.717, 1.165) is 12.4 Å². The molecule has 0 atom stereocenters. The maximum atomic E-state index is 4.28. The summed E-state index contributed by atoms with van der Waals surface area (Å²) in [6, 6.07) is 0. The van der Waals surface area contributed by atoms with E-state index in [4.69, 9.17) is 0 Å². The summed E-state index contributed by atoms with van der Waals surface area (Å²) in [5.41, 5.74) is 1.95. The highest BCUT2D eigenvalue weighted by atomic mass is 32.2. The van der Waals surface area contributed by atoms with Gasteiger partial charge in [0.1, 0.15) is 0 Å². The van der Waals surface area contributed by atoms with Crippen LogP contribution in [-0.2, 0) is 0 Å². The lowest BCUT2D eigenvalue weighted by molar-refractivity contribution is 0.335.